The number of carbonyl (C=O) groups excluding carboxylic acids is 1. The molecule has 3 rings (SSSR count). The van der Waals surface area contributed by atoms with Gasteiger partial charge in [0.2, 0.25) is 5.91 Å². The van der Waals surface area contributed by atoms with Crippen molar-refractivity contribution in [1.82, 2.24) is 10.6 Å². The average Bonchev–Trinajstić information content (AvgIpc) is 3.07. The second-order valence-corrected chi connectivity index (χ2v) is 10.8. The van der Waals surface area contributed by atoms with Crippen LogP contribution in [0.1, 0.15) is 50.7 Å². The van der Waals surface area contributed by atoms with Crippen LogP contribution in [0.3, 0.4) is 0 Å². The van der Waals surface area contributed by atoms with Gasteiger partial charge >= 0.3 is 0 Å². The van der Waals surface area contributed by atoms with Crippen molar-refractivity contribution < 1.29 is 23.8 Å². The van der Waals surface area contributed by atoms with Crippen LogP contribution in [0.5, 0.6) is 0 Å². The molecule has 1 saturated heterocycles. The molecule has 0 unspecified atom stereocenters. The van der Waals surface area contributed by atoms with E-state index >= 15 is 4.39 Å². The molecule has 5 atom stereocenters. The Morgan fingerprint density at radius 1 is 1.23 bits per heavy atom. The molecule has 0 aliphatic carbocycles. The fourth-order valence-corrected chi connectivity index (χ4v) is 5.07. The molecular weight excluding hydrogens is 476 g/mol. The molecule has 1 aliphatic rings. The average molecular weight is 510 g/mol. The van der Waals surface area contributed by atoms with Gasteiger partial charge in [-0.3, -0.25) is 4.79 Å². The van der Waals surface area contributed by atoms with Gasteiger partial charge in [-0.15, -0.1) is 0 Å². The number of carbonyl (C=O) groups is 1. The van der Waals surface area contributed by atoms with Crippen molar-refractivity contribution >= 4 is 17.5 Å². The standard InChI is InChI=1S/C26H34ClF2N3O3/c1-25(2,3)13-20-26(30,15-7-9-16(28)10-8-15)21(18-5-4-6-19(27)22(18)29)23(32-20)24(35)31-12-11-17(34)14-33/h4-10,17,20-21,23,32-34H,11-14,30H2,1-3H3,(H,31,35)/t17-,20-,21-,23+,26+/m0/s1. The zero-order valence-electron chi connectivity index (χ0n) is 20.2. The van der Waals surface area contributed by atoms with Gasteiger partial charge in [0.05, 0.1) is 29.3 Å². The van der Waals surface area contributed by atoms with Gasteiger partial charge in [0.15, 0.2) is 0 Å². The summed E-state index contributed by atoms with van der Waals surface area (Å²) < 4.78 is 29.2. The first-order valence-electron chi connectivity index (χ1n) is 11.7. The highest BCUT2D eigenvalue weighted by molar-refractivity contribution is 6.30. The lowest BCUT2D eigenvalue weighted by Crippen LogP contribution is -2.52. The molecular formula is C26H34ClF2N3O3. The predicted octanol–water partition coefficient (Wildman–Crippen LogP) is 3.19. The molecule has 2 aromatic carbocycles. The van der Waals surface area contributed by atoms with Crippen LogP contribution in [0, 0.1) is 17.0 Å². The number of aliphatic hydroxyl groups is 2. The van der Waals surface area contributed by atoms with Crippen LogP contribution in [0.4, 0.5) is 8.78 Å². The number of amides is 1. The van der Waals surface area contributed by atoms with E-state index in [0.717, 1.165) is 0 Å². The van der Waals surface area contributed by atoms with Crippen molar-refractivity contribution in [1.29, 1.82) is 0 Å². The number of halogens is 3. The molecule has 1 fully saturated rings. The zero-order chi connectivity index (χ0) is 26.0. The normalized spacial score (nSPS) is 25.5. The Labute approximate surface area is 209 Å². The molecule has 1 amide bonds. The third-order valence-electron chi connectivity index (χ3n) is 6.55. The van der Waals surface area contributed by atoms with Gasteiger partial charge in [0.25, 0.3) is 0 Å². The van der Waals surface area contributed by atoms with Crippen LogP contribution in [-0.4, -0.2) is 47.5 Å². The first-order chi connectivity index (χ1) is 16.4. The highest BCUT2D eigenvalue weighted by Gasteiger charge is 2.57. The number of benzene rings is 2. The number of rotatable bonds is 8. The highest BCUT2D eigenvalue weighted by atomic mass is 35.5. The largest absolute Gasteiger partial charge is 0.394 e. The monoisotopic (exact) mass is 509 g/mol. The van der Waals surface area contributed by atoms with E-state index in [1.54, 1.807) is 24.3 Å². The quantitative estimate of drug-likeness (QED) is 0.375. The van der Waals surface area contributed by atoms with E-state index in [4.69, 9.17) is 22.4 Å². The zero-order valence-corrected chi connectivity index (χ0v) is 20.9. The first kappa shape index (κ1) is 27.5. The lowest BCUT2D eigenvalue weighted by atomic mass is 9.68. The van der Waals surface area contributed by atoms with E-state index < -0.39 is 53.8 Å². The van der Waals surface area contributed by atoms with Crippen molar-refractivity contribution in [2.24, 2.45) is 11.1 Å². The Morgan fingerprint density at radius 3 is 2.49 bits per heavy atom. The maximum Gasteiger partial charge on any atom is 0.237 e. The van der Waals surface area contributed by atoms with Crippen LogP contribution in [0.25, 0.3) is 0 Å². The maximum absolute atomic E-state index is 15.4. The third kappa shape index (κ3) is 6.01. The molecule has 192 valence electrons. The van der Waals surface area contributed by atoms with Crippen LogP contribution >= 0.6 is 11.6 Å². The molecule has 2 aromatic rings. The van der Waals surface area contributed by atoms with Gasteiger partial charge in [-0.25, -0.2) is 8.78 Å². The summed E-state index contributed by atoms with van der Waals surface area (Å²) in [6.45, 7) is 5.81. The Balaban J connectivity index is 2.12. The molecule has 0 spiro atoms. The number of nitrogens with one attached hydrogen (secondary N) is 2. The minimum absolute atomic E-state index is 0.0894. The molecule has 6 N–H and O–H groups in total. The summed E-state index contributed by atoms with van der Waals surface area (Å²) in [5, 5.41) is 24.7. The number of hydrogen-bond acceptors (Lipinski definition) is 5. The Morgan fingerprint density at radius 2 is 1.89 bits per heavy atom. The van der Waals surface area contributed by atoms with Crippen molar-refractivity contribution in [3.63, 3.8) is 0 Å². The summed E-state index contributed by atoms with van der Waals surface area (Å²) in [6.07, 6.45) is -0.260. The van der Waals surface area contributed by atoms with E-state index in [9.17, 15) is 14.3 Å². The summed E-state index contributed by atoms with van der Waals surface area (Å²) in [5.74, 6) is -2.39. The smallest absolute Gasteiger partial charge is 0.237 e. The van der Waals surface area contributed by atoms with Crippen molar-refractivity contribution in [2.75, 3.05) is 13.2 Å². The summed E-state index contributed by atoms with van der Waals surface area (Å²) in [4.78, 5) is 13.4. The maximum atomic E-state index is 15.4. The van der Waals surface area contributed by atoms with Gasteiger partial charge < -0.3 is 26.6 Å². The topological polar surface area (TPSA) is 108 Å². The van der Waals surface area contributed by atoms with Crippen molar-refractivity contribution in [3.8, 4) is 0 Å². The summed E-state index contributed by atoms with van der Waals surface area (Å²) in [6, 6.07) is 8.94. The van der Waals surface area contributed by atoms with E-state index in [0.29, 0.717) is 12.0 Å². The van der Waals surface area contributed by atoms with Gasteiger partial charge in [-0.1, -0.05) is 56.6 Å². The van der Waals surface area contributed by atoms with Gasteiger partial charge in [0.1, 0.15) is 11.6 Å². The van der Waals surface area contributed by atoms with Crippen LogP contribution < -0.4 is 16.4 Å². The molecule has 6 nitrogen and oxygen atoms in total. The second-order valence-electron chi connectivity index (χ2n) is 10.4. The Hall–Kier alpha value is -2.10. The van der Waals surface area contributed by atoms with E-state index in [1.807, 2.05) is 20.8 Å². The summed E-state index contributed by atoms with van der Waals surface area (Å²) in [5.41, 5.74) is 6.43. The van der Waals surface area contributed by atoms with Crippen LogP contribution in [0.15, 0.2) is 42.5 Å². The van der Waals surface area contributed by atoms with Crippen molar-refractivity contribution in [2.45, 2.75) is 63.3 Å². The molecule has 1 aliphatic heterocycles. The highest BCUT2D eigenvalue weighted by Crippen LogP contribution is 2.49. The lowest BCUT2D eigenvalue weighted by molar-refractivity contribution is -0.123. The van der Waals surface area contributed by atoms with E-state index in [1.165, 1.54) is 18.2 Å². The van der Waals surface area contributed by atoms with E-state index in [2.05, 4.69) is 10.6 Å². The third-order valence-corrected chi connectivity index (χ3v) is 6.84. The molecule has 35 heavy (non-hydrogen) atoms. The first-order valence-corrected chi connectivity index (χ1v) is 12.1. The minimum Gasteiger partial charge on any atom is -0.394 e. The lowest BCUT2D eigenvalue weighted by Gasteiger charge is -2.39. The fraction of sp³-hybridized carbons (Fsp3) is 0.500. The number of nitrogens with two attached hydrogens (primary N) is 1. The number of hydrogen-bond donors (Lipinski definition) is 5. The van der Waals surface area contributed by atoms with Gasteiger partial charge in [-0.05, 0) is 47.6 Å². The molecule has 0 saturated carbocycles. The molecule has 0 radical (unpaired) electrons. The van der Waals surface area contributed by atoms with E-state index in [-0.39, 0.29) is 29.0 Å². The molecule has 1 heterocycles. The SMILES string of the molecule is CC(C)(C)C[C@@H]1N[C@@H](C(=O)NCC[C@H](O)CO)[C@H](c2cccc(Cl)c2F)[C@@]1(N)c1ccc(F)cc1. The summed E-state index contributed by atoms with van der Waals surface area (Å²) >= 11 is 6.12. The molecule has 0 bridgehead atoms. The van der Waals surface area contributed by atoms with Gasteiger partial charge in [-0.2, -0.15) is 0 Å². The van der Waals surface area contributed by atoms with Crippen LogP contribution in [0.2, 0.25) is 5.02 Å². The Kier molecular flexibility index (Phi) is 8.55. The van der Waals surface area contributed by atoms with Gasteiger partial charge in [0, 0.05) is 18.5 Å². The Bertz CT molecular complexity index is 1030. The minimum atomic E-state index is -1.28. The summed E-state index contributed by atoms with van der Waals surface area (Å²) in [7, 11) is 0. The van der Waals surface area contributed by atoms with Crippen LogP contribution in [-0.2, 0) is 10.3 Å². The molecule has 9 heteroatoms. The number of aliphatic hydroxyl groups excluding tert-OH is 2. The molecule has 0 aromatic heterocycles. The second kappa shape index (κ2) is 10.9. The fourth-order valence-electron chi connectivity index (χ4n) is 4.89. The van der Waals surface area contributed by atoms with Crippen molar-refractivity contribution in [3.05, 3.63) is 70.2 Å². The predicted molar refractivity (Wildman–Crippen MR) is 132 cm³/mol.